The second-order valence-electron chi connectivity index (χ2n) is 9.90. The molecule has 2 aromatic rings. The standard InChI is InChI=1S/C28H34F2N2O2/c1-3-18-28(29,30)27(2,34)22-14-10-21(11-15-22)26(33)32(23-7-6-8-23)24-16-12-20(13-17-24)25-9-4-5-19-31-25/h3-5,9-11,14-15,19-20,23-24,34H,1,6-8,12-13,16-18H2,2H3/t20?,24?,27-/m0/s1. The molecule has 2 aliphatic rings. The lowest BCUT2D eigenvalue weighted by Gasteiger charge is -2.45. The van der Waals surface area contributed by atoms with Crippen LogP contribution >= 0.6 is 0 Å². The number of alkyl halides is 2. The molecule has 0 unspecified atom stereocenters. The minimum Gasteiger partial charge on any atom is -0.379 e. The summed E-state index contributed by atoms with van der Waals surface area (Å²) in [5.41, 5.74) is -0.661. The van der Waals surface area contributed by atoms with Gasteiger partial charge in [-0.25, -0.2) is 8.78 Å². The molecule has 4 rings (SSSR count). The molecule has 34 heavy (non-hydrogen) atoms. The molecule has 0 saturated heterocycles. The lowest BCUT2D eigenvalue weighted by Crippen LogP contribution is -2.51. The summed E-state index contributed by atoms with van der Waals surface area (Å²) in [7, 11) is 0. The molecule has 2 aliphatic carbocycles. The van der Waals surface area contributed by atoms with E-state index in [2.05, 4.69) is 22.5 Å². The zero-order chi connectivity index (χ0) is 24.3. The Morgan fingerprint density at radius 1 is 1.09 bits per heavy atom. The van der Waals surface area contributed by atoms with Crippen LogP contribution in [0.15, 0.2) is 61.3 Å². The first-order valence-corrected chi connectivity index (χ1v) is 12.3. The van der Waals surface area contributed by atoms with E-state index in [0.29, 0.717) is 11.5 Å². The molecule has 4 nitrogen and oxygen atoms in total. The van der Waals surface area contributed by atoms with E-state index in [0.717, 1.165) is 63.6 Å². The Morgan fingerprint density at radius 3 is 2.26 bits per heavy atom. The van der Waals surface area contributed by atoms with Gasteiger partial charge in [-0.3, -0.25) is 9.78 Å². The number of aliphatic hydroxyl groups is 1. The van der Waals surface area contributed by atoms with Gasteiger partial charge in [0.25, 0.3) is 11.8 Å². The first-order valence-electron chi connectivity index (χ1n) is 12.3. The molecule has 1 aromatic heterocycles. The van der Waals surface area contributed by atoms with Gasteiger partial charge in [-0.2, -0.15) is 0 Å². The summed E-state index contributed by atoms with van der Waals surface area (Å²) in [6.07, 6.45) is 9.31. The monoisotopic (exact) mass is 468 g/mol. The highest BCUT2D eigenvalue weighted by atomic mass is 19.3. The minimum absolute atomic E-state index is 0.0463. The Bertz CT molecular complexity index is 979. The van der Waals surface area contributed by atoms with Crippen LogP contribution in [0.1, 0.15) is 85.8 Å². The zero-order valence-electron chi connectivity index (χ0n) is 19.8. The van der Waals surface area contributed by atoms with E-state index in [1.54, 1.807) is 12.1 Å². The number of carbonyl (C=O) groups excluding carboxylic acids is 1. The second-order valence-corrected chi connectivity index (χ2v) is 9.90. The third kappa shape index (κ3) is 4.78. The van der Waals surface area contributed by atoms with Gasteiger partial charge in [0, 0.05) is 41.9 Å². The first-order chi connectivity index (χ1) is 16.2. The molecule has 2 saturated carbocycles. The molecule has 6 heteroatoms. The maximum Gasteiger partial charge on any atom is 0.283 e. The summed E-state index contributed by atoms with van der Waals surface area (Å²) in [6, 6.07) is 12.5. The molecule has 1 atom stereocenters. The topological polar surface area (TPSA) is 53.4 Å². The van der Waals surface area contributed by atoms with E-state index in [-0.39, 0.29) is 23.6 Å². The highest BCUT2D eigenvalue weighted by Crippen LogP contribution is 2.41. The van der Waals surface area contributed by atoms with E-state index >= 15 is 0 Å². The van der Waals surface area contributed by atoms with Gasteiger partial charge in [0.2, 0.25) is 0 Å². The summed E-state index contributed by atoms with van der Waals surface area (Å²) in [6.45, 7) is 4.47. The average molecular weight is 469 g/mol. The SMILES string of the molecule is C=CCC(F)(F)[C@@](C)(O)c1ccc(C(=O)N(C2CCC2)C2CCC(c3ccccn3)CC2)cc1. The van der Waals surface area contributed by atoms with Crippen molar-refractivity contribution in [2.24, 2.45) is 0 Å². The van der Waals surface area contributed by atoms with Crippen LogP contribution in [0, 0.1) is 0 Å². The normalized spacial score (nSPS) is 22.9. The van der Waals surface area contributed by atoms with Crippen LogP contribution in [-0.4, -0.2) is 38.9 Å². The number of amides is 1. The fraction of sp³-hybridized carbons (Fsp3) is 0.500. The van der Waals surface area contributed by atoms with Gasteiger partial charge in [0.15, 0.2) is 5.60 Å². The first kappa shape index (κ1) is 24.5. The van der Waals surface area contributed by atoms with Crippen molar-refractivity contribution in [2.45, 2.75) is 87.8 Å². The molecular weight excluding hydrogens is 434 g/mol. The van der Waals surface area contributed by atoms with Gasteiger partial charge < -0.3 is 10.0 Å². The maximum absolute atomic E-state index is 14.4. The van der Waals surface area contributed by atoms with Gasteiger partial charge in [0.05, 0.1) is 0 Å². The Labute approximate surface area is 200 Å². The van der Waals surface area contributed by atoms with Gasteiger partial charge in [-0.1, -0.05) is 24.3 Å². The van der Waals surface area contributed by atoms with Crippen LogP contribution in [0.5, 0.6) is 0 Å². The van der Waals surface area contributed by atoms with Crippen molar-refractivity contribution in [1.82, 2.24) is 9.88 Å². The summed E-state index contributed by atoms with van der Waals surface area (Å²) in [4.78, 5) is 20.1. The van der Waals surface area contributed by atoms with Gasteiger partial charge in [-0.15, -0.1) is 6.58 Å². The van der Waals surface area contributed by atoms with Crippen molar-refractivity contribution in [2.75, 3.05) is 0 Å². The number of nitrogens with zero attached hydrogens (tertiary/aromatic N) is 2. The van der Waals surface area contributed by atoms with Crippen LogP contribution in [0.25, 0.3) is 0 Å². The number of allylic oxidation sites excluding steroid dienone is 1. The number of aromatic nitrogens is 1. The van der Waals surface area contributed by atoms with Crippen molar-refractivity contribution in [3.8, 4) is 0 Å². The molecule has 0 spiro atoms. The van der Waals surface area contributed by atoms with Crippen molar-refractivity contribution in [3.05, 3.63) is 78.1 Å². The number of halogens is 2. The molecule has 1 N–H and O–H groups in total. The van der Waals surface area contributed by atoms with Gasteiger partial charge in [-0.05, 0) is 81.7 Å². The van der Waals surface area contributed by atoms with E-state index in [1.165, 1.54) is 12.1 Å². The lowest BCUT2D eigenvalue weighted by molar-refractivity contribution is -0.175. The lowest BCUT2D eigenvalue weighted by atomic mass is 9.80. The van der Waals surface area contributed by atoms with Crippen molar-refractivity contribution < 1.29 is 18.7 Å². The quantitative estimate of drug-likeness (QED) is 0.468. The average Bonchev–Trinajstić information content (AvgIpc) is 2.81. The molecule has 182 valence electrons. The fourth-order valence-corrected chi connectivity index (χ4v) is 5.24. The Kier molecular flexibility index (Phi) is 7.17. The highest BCUT2D eigenvalue weighted by molar-refractivity contribution is 5.94. The third-order valence-corrected chi connectivity index (χ3v) is 7.71. The summed E-state index contributed by atoms with van der Waals surface area (Å²) in [5.74, 6) is -2.98. The molecule has 1 aromatic carbocycles. The van der Waals surface area contributed by atoms with E-state index in [9.17, 15) is 18.7 Å². The molecule has 0 bridgehead atoms. The Balaban J connectivity index is 1.49. The number of rotatable bonds is 8. The van der Waals surface area contributed by atoms with Crippen LogP contribution in [0.2, 0.25) is 0 Å². The van der Waals surface area contributed by atoms with Crippen LogP contribution < -0.4 is 0 Å². The van der Waals surface area contributed by atoms with Crippen molar-refractivity contribution >= 4 is 5.91 Å². The smallest absolute Gasteiger partial charge is 0.283 e. The van der Waals surface area contributed by atoms with E-state index < -0.39 is 17.9 Å². The minimum atomic E-state index is -3.36. The molecule has 2 fully saturated rings. The molecule has 0 radical (unpaired) electrons. The predicted molar refractivity (Wildman–Crippen MR) is 129 cm³/mol. The predicted octanol–water partition coefficient (Wildman–Crippen LogP) is 6.22. The summed E-state index contributed by atoms with van der Waals surface area (Å²) < 4.78 is 28.9. The number of pyridine rings is 1. The van der Waals surface area contributed by atoms with Crippen LogP contribution in [0.4, 0.5) is 8.78 Å². The van der Waals surface area contributed by atoms with Crippen LogP contribution in [0.3, 0.4) is 0 Å². The Morgan fingerprint density at radius 2 is 1.74 bits per heavy atom. The third-order valence-electron chi connectivity index (χ3n) is 7.71. The second kappa shape index (κ2) is 9.95. The number of carbonyl (C=O) groups is 1. The summed E-state index contributed by atoms with van der Waals surface area (Å²) in [5, 5.41) is 10.5. The molecular formula is C28H34F2N2O2. The maximum atomic E-state index is 14.4. The number of hydrogen-bond acceptors (Lipinski definition) is 3. The summed E-state index contributed by atoms with van der Waals surface area (Å²) >= 11 is 0. The number of hydrogen-bond donors (Lipinski definition) is 1. The van der Waals surface area contributed by atoms with Gasteiger partial charge >= 0.3 is 0 Å². The van der Waals surface area contributed by atoms with Crippen molar-refractivity contribution in [1.29, 1.82) is 0 Å². The van der Waals surface area contributed by atoms with Crippen LogP contribution in [-0.2, 0) is 5.60 Å². The molecule has 1 amide bonds. The Hall–Kier alpha value is -2.60. The number of benzene rings is 1. The van der Waals surface area contributed by atoms with E-state index in [4.69, 9.17) is 0 Å². The zero-order valence-corrected chi connectivity index (χ0v) is 19.8. The molecule has 0 aliphatic heterocycles. The van der Waals surface area contributed by atoms with Gasteiger partial charge in [0.1, 0.15) is 0 Å². The fourth-order valence-electron chi connectivity index (χ4n) is 5.24. The van der Waals surface area contributed by atoms with E-state index in [1.807, 2.05) is 18.3 Å². The largest absolute Gasteiger partial charge is 0.379 e. The highest BCUT2D eigenvalue weighted by Gasteiger charge is 2.49. The van der Waals surface area contributed by atoms with Crippen molar-refractivity contribution in [3.63, 3.8) is 0 Å². The molecule has 1 heterocycles.